The molecule has 1 N–H and O–H groups in total. The molecule has 0 fully saturated rings. The van der Waals surface area contributed by atoms with E-state index in [-0.39, 0.29) is 11.7 Å². The Kier molecular flexibility index (Phi) is 4.48. The fraction of sp³-hybridized carbons (Fsp3) is 0.111. The number of carbonyl (C=O) groups is 1. The Labute approximate surface area is 137 Å². The van der Waals surface area contributed by atoms with Crippen molar-refractivity contribution in [3.63, 3.8) is 0 Å². The van der Waals surface area contributed by atoms with Gasteiger partial charge in [0.1, 0.15) is 11.5 Å². The van der Waals surface area contributed by atoms with E-state index < -0.39 is 0 Å². The van der Waals surface area contributed by atoms with Gasteiger partial charge in [-0.3, -0.25) is 4.79 Å². The molecule has 0 unspecified atom stereocenters. The number of aryl methyl sites for hydroxylation is 1. The summed E-state index contributed by atoms with van der Waals surface area (Å²) in [5.74, 6) is -0.525. The number of benzene rings is 2. The van der Waals surface area contributed by atoms with E-state index in [1.807, 2.05) is 37.3 Å². The van der Waals surface area contributed by atoms with Crippen LogP contribution in [0.4, 0.5) is 4.39 Å². The van der Waals surface area contributed by atoms with Crippen molar-refractivity contribution in [2.24, 2.45) is 0 Å². The number of carbonyl (C=O) groups excluding carboxylic acids is 1. The molecule has 3 rings (SSSR count). The quantitative estimate of drug-likeness (QED) is 0.781. The predicted octanol–water partition coefficient (Wildman–Crippen LogP) is 4.19. The lowest BCUT2D eigenvalue weighted by molar-refractivity contribution is 0.0947. The fourth-order valence-electron chi connectivity index (χ4n) is 2.24. The van der Waals surface area contributed by atoms with Gasteiger partial charge in [0.05, 0.1) is 9.88 Å². The van der Waals surface area contributed by atoms with Crippen molar-refractivity contribution in [3.8, 4) is 10.4 Å². The number of amides is 1. The summed E-state index contributed by atoms with van der Waals surface area (Å²) in [5.41, 5.74) is 2.20. The van der Waals surface area contributed by atoms with Crippen molar-refractivity contribution < 1.29 is 9.18 Å². The highest BCUT2D eigenvalue weighted by atomic mass is 32.1. The summed E-state index contributed by atoms with van der Waals surface area (Å²) in [5, 5.41) is 3.68. The van der Waals surface area contributed by atoms with Gasteiger partial charge in [-0.05, 0) is 30.2 Å². The second-order valence-corrected chi connectivity index (χ2v) is 6.29. The molecule has 0 saturated heterocycles. The van der Waals surface area contributed by atoms with E-state index >= 15 is 0 Å². The van der Waals surface area contributed by atoms with E-state index in [2.05, 4.69) is 10.3 Å². The Morgan fingerprint density at radius 1 is 1.13 bits per heavy atom. The van der Waals surface area contributed by atoms with E-state index in [9.17, 15) is 9.18 Å². The summed E-state index contributed by atoms with van der Waals surface area (Å²) in [6, 6.07) is 15.8. The molecule has 0 spiro atoms. The normalized spacial score (nSPS) is 10.5. The van der Waals surface area contributed by atoms with Gasteiger partial charge < -0.3 is 5.32 Å². The molecule has 1 amide bonds. The van der Waals surface area contributed by atoms with Crippen LogP contribution < -0.4 is 5.32 Å². The molecule has 2 aromatic carbocycles. The Morgan fingerprint density at radius 3 is 2.52 bits per heavy atom. The highest BCUT2D eigenvalue weighted by molar-refractivity contribution is 7.15. The summed E-state index contributed by atoms with van der Waals surface area (Å²) >= 11 is 1.43. The Bertz CT molecular complexity index is 813. The number of nitrogens with zero attached hydrogens (tertiary/aromatic N) is 1. The Balaban J connectivity index is 1.82. The van der Waals surface area contributed by atoms with E-state index in [4.69, 9.17) is 0 Å². The summed E-state index contributed by atoms with van der Waals surface area (Å²) < 4.78 is 13.1. The number of aromatic nitrogens is 1. The van der Waals surface area contributed by atoms with Crippen LogP contribution in [-0.2, 0) is 6.54 Å². The molecule has 0 aliphatic rings. The Morgan fingerprint density at radius 2 is 1.83 bits per heavy atom. The number of hydrogen-bond acceptors (Lipinski definition) is 3. The molecule has 0 saturated carbocycles. The highest BCUT2D eigenvalue weighted by Crippen LogP contribution is 2.30. The van der Waals surface area contributed by atoms with Gasteiger partial charge in [0.2, 0.25) is 0 Å². The van der Waals surface area contributed by atoms with E-state index in [0.717, 1.165) is 21.0 Å². The molecule has 0 atom stereocenters. The van der Waals surface area contributed by atoms with Crippen LogP contribution in [0, 0.1) is 12.7 Å². The first-order valence-electron chi connectivity index (χ1n) is 7.19. The van der Waals surface area contributed by atoms with Crippen molar-refractivity contribution in [2.45, 2.75) is 13.5 Å². The zero-order valence-corrected chi connectivity index (χ0v) is 13.4. The summed E-state index contributed by atoms with van der Waals surface area (Å²) in [6.07, 6.45) is 0. The summed E-state index contributed by atoms with van der Waals surface area (Å²) in [4.78, 5) is 17.5. The first kappa shape index (κ1) is 15.4. The standard InChI is InChI=1S/C18H15FN2OS/c1-12-21-16(17(23-12)14-7-9-15(19)10-8-14)18(22)20-11-13-5-3-2-4-6-13/h2-10H,11H2,1H3,(H,20,22). The van der Waals surface area contributed by atoms with E-state index in [1.54, 1.807) is 12.1 Å². The monoisotopic (exact) mass is 326 g/mol. The lowest BCUT2D eigenvalue weighted by atomic mass is 10.1. The average molecular weight is 326 g/mol. The lowest BCUT2D eigenvalue weighted by Gasteiger charge is -2.05. The highest BCUT2D eigenvalue weighted by Gasteiger charge is 2.18. The van der Waals surface area contributed by atoms with Crippen LogP contribution in [0.2, 0.25) is 0 Å². The fourth-order valence-corrected chi connectivity index (χ4v) is 3.16. The molecule has 1 aromatic heterocycles. The number of halogens is 1. The minimum Gasteiger partial charge on any atom is -0.347 e. The number of rotatable bonds is 4. The molecule has 116 valence electrons. The molecular formula is C18H15FN2OS. The second-order valence-electron chi connectivity index (χ2n) is 5.09. The third-order valence-electron chi connectivity index (χ3n) is 3.35. The first-order chi connectivity index (χ1) is 11.1. The van der Waals surface area contributed by atoms with Gasteiger partial charge in [-0.15, -0.1) is 11.3 Å². The van der Waals surface area contributed by atoms with Gasteiger partial charge in [-0.1, -0.05) is 42.5 Å². The molecule has 1 heterocycles. The molecular weight excluding hydrogens is 311 g/mol. The summed E-state index contributed by atoms with van der Waals surface area (Å²) in [6.45, 7) is 2.30. The average Bonchev–Trinajstić information content (AvgIpc) is 2.96. The maximum absolute atomic E-state index is 13.1. The van der Waals surface area contributed by atoms with Crippen LogP contribution in [-0.4, -0.2) is 10.9 Å². The lowest BCUT2D eigenvalue weighted by Crippen LogP contribution is -2.23. The van der Waals surface area contributed by atoms with Gasteiger partial charge in [0, 0.05) is 6.54 Å². The van der Waals surface area contributed by atoms with Crippen molar-refractivity contribution in [1.82, 2.24) is 10.3 Å². The molecule has 0 radical (unpaired) electrons. The smallest absolute Gasteiger partial charge is 0.271 e. The molecule has 3 aromatic rings. The molecule has 0 bridgehead atoms. The maximum atomic E-state index is 13.1. The van der Waals surface area contributed by atoms with E-state index in [1.165, 1.54) is 23.5 Å². The zero-order valence-electron chi connectivity index (χ0n) is 12.5. The van der Waals surface area contributed by atoms with Crippen LogP contribution in [0.25, 0.3) is 10.4 Å². The largest absolute Gasteiger partial charge is 0.347 e. The molecule has 0 aliphatic heterocycles. The van der Waals surface area contributed by atoms with Crippen LogP contribution in [0.5, 0.6) is 0 Å². The van der Waals surface area contributed by atoms with Gasteiger partial charge >= 0.3 is 0 Å². The summed E-state index contributed by atoms with van der Waals surface area (Å²) in [7, 11) is 0. The molecule has 23 heavy (non-hydrogen) atoms. The van der Waals surface area contributed by atoms with Gasteiger partial charge in [0.15, 0.2) is 0 Å². The van der Waals surface area contributed by atoms with Crippen LogP contribution in [0.15, 0.2) is 54.6 Å². The third kappa shape index (κ3) is 3.63. The van der Waals surface area contributed by atoms with Crippen molar-refractivity contribution in [3.05, 3.63) is 76.7 Å². The number of nitrogens with one attached hydrogen (secondary N) is 1. The van der Waals surface area contributed by atoms with Crippen LogP contribution in [0.3, 0.4) is 0 Å². The van der Waals surface area contributed by atoms with Crippen LogP contribution in [0.1, 0.15) is 21.1 Å². The third-order valence-corrected chi connectivity index (χ3v) is 4.37. The van der Waals surface area contributed by atoms with Crippen LogP contribution >= 0.6 is 11.3 Å². The number of hydrogen-bond donors (Lipinski definition) is 1. The minimum atomic E-state index is -0.301. The number of thiazole rings is 1. The van der Waals surface area contributed by atoms with Crippen molar-refractivity contribution in [2.75, 3.05) is 0 Å². The van der Waals surface area contributed by atoms with Gasteiger partial charge in [-0.25, -0.2) is 9.37 Å². The maximum Gasteiger partial charge on any atom is 0.271 e. The van der Waals surface area contributed by atoms with Crippen molar-refractivity contribution >= 4 is 17.2 Å². The zero-order chi connectivity index (χ0) is 16.2. The van der Waals surface area contributed by atoms with Gasteiger partial charge in [0.25, 0.3) is 5.91 Å². The Hall–Kier alpha value is -2.53. The van der Waals surface area contributed by atoms with E-state index in [0.29, 0.717) is 12.2 Å². The first-order valence-corrected chi connectivity index (χ1v) is 8.00. The second kappa shape index (κ2) is 6.71. The molecule has 0 aliphatic carbocycles. The predicted molar refractivity (Wildman–Crippen MR) is 89.9 cm³/mol. The molecule has 3 nitrogen and oxygen atoms in total. The minimum absolute atomic E-state index is 0.225. The van der Waals surface area contributed by atoms with Crippen molar-refractivity contribution in [1.29, 1.82) is 0 Å². The SMILES string of the molecule is Cc1nc(C(=O)NCc2ccccc2)c(-c2ccc(F)cc2)s1. The molecule has 5 heteroatoms. The topological polar surface area (TPSA) is 42.0 Å². The van der Waals surface area contributed by atoms with Gasteiger partial charge in [-0.2, -0.15) is 0 Å².